The van der Waals surface area contributed by atoms with Crippen molar-refractivity contribution in [2.75, 3.05) is 5.32 Å². The van der Waals surface area contributed by atoms with Crippen LogP contribution >= 0.6 is 11.6 Å². The van der Waals surface area contributed by atoms with Crippen LogP contribution in [0.3, 0.4) is 0 Å². The predicted molar refractivity (Wildman–Crippen MR) is 77.3 cm³/mol. The van der Waals surface area contributed by atoms with E-state index in [0.717, 1.165) is 12.0 Å². The molecule has 2 N–H and O–H groups in total. The lowest BCUT2D eigenvalue weighted by Crippen LogP contribution is -2.34. The van der Waals surface area contributed by atoms with Gasteiger partial charge in [0.25, 0.3) is 0 Å². The van der Waals surface area contributed by atoms with Crippen LogP contribution in [0.5, 0.6) is 0 Å². The second kappa shape index (κ2) is 7.14. The molecular formula is C14H19ClN2O2. The average molecular weight is 283 g/mol. The average Bonchev–Trinajstić information content (AvgIpc) is 2.34. The van der Waals surface area contributed by atoms with Crippen molar-refractivity contribution in [3.05, 3.63) is 28.8 Å². The number of carbonyl (C=O) groups is 2. The molecule has 0 fully saturated rings. The number of anilines is 1. The summed E-state index contributed by atoms with van der Waals surface area (Å²) in [5.41, 5.74) is 1.42. The van der Waals surface area contributed by atoms with Gasteiger partial charge < -0.3 is 10.6 Å². The fourth-order valence-electron chi connectivity index (χ4n) is 1.51. The summed E-state index contributed by atoms with van der Waals surface area (Å²) in [5, 5.41) is 6.02. The van der Waals surface area contributed by atoms with Gasteiger partial charge >= 0.3 is 0 Å². The number of amides is 2. The fourth-order valence-corrected chi connectivity index (χ4v) is 1.69. The Bertz CT molecular complexity index is 475. The third-order valence-corrected chi connectivity index (χ3v) is 3.29. The molecular weight excluding hydrogens is 264 g/mol. The Hall–Kier alpha value is -1.55. The van der Waals surface area contributed by atoms with Crippen molar-refractivity contribution in [3.8, 4) is 0 Å². The summed E-state index contributed by atoms with van der Waals surface area (Å²) < 4.78 is 0. The van der Waals surface area contributed by atoms with Crippen molar-refractivity contribution in [1.29, 1.82) is 0 Å². The van der Waals surface area contributed by atoms with Gasteiger partial charge in [0.05, 0.1) is 0 Å². The van der Waals surface area contributed by atoms with Gasteiger partial charge in [-0.15, -0.1) is 0 Å². The van der Waals surface area contributed by atoms with Gasteiger partial charge in [-0.05, 0) is 38.0 Å². The maximum atomic E-state index is 11.7. The molecule has 2 amide bonds. The number of hydrogen-bond acceptors (Lipinski definition) is 2. The van der Waals surface area contributed by atoms with E-state index >= 15 is 0 Å². The molecule has 4 nitrogen and oxygen atoms in total. The van der Waals surface area contributed by atoms with Crippen molar-refractivity contribution >= 4 is 29.1 Å². The van der Waals surface area contributed by atoms with E-state index in [1.54, 1.807) is 18.2 Å². The Balaban J connectivity index is 2.56. The molecule has 0 saturated carbocycles. The molecule has 1 unspecified atom stereocenters. The van der Waals surface area contributed by atoms with Crippen LogP contribution in [0.2, 0.25) is 5.02 Å². The zero-order valence-corrected chi connectivity index (χ0v) is 12.2. The third-order valence-electron chi connectivity index (χ3n) is 2.88. The Labute approximate surface area is 118 Å². The Morgan fingerprint density at radius 1 is 1.32 bits per heavy atom. The van der Waals surface area contributed by atoms with Crippen molar-refractivity contribution in [3.63, 3.8) is 0 Å². The first-order chi connectivity index (χ1) is 8.93. The van der Waals surface area contributed by atoms with Gasteiger partial charge in [0, 0.05) is 16.8 Å². The van der Waals surface area contributed by atoms with Crippen molar-refractivity contribution in [2.45, 2.75) is 39.7 Å². The predicted octanol–water partition coefficient (Wildman–Crippen LogP) is 2.89. The zero-order valence-electron chi connectivity index (χ0n) is 11.4. The summed E-state index contributed by atoms with van der Waals surface area (Å²) in [6.45, 7) is 5.69. The molecule has 0 radical (unpaired) electrons. The lowest BCUT2D eigenvalue weighted by atomic mass is 10.2. The summed E-state index contributed by atoms with van der Waals surface area (Å²) in [7, 11) is 0. The molecule has 0 heterocycles. The van der Waals surface area contributed by atoms with E-state index in [4.69, 9.17) is 11.6 Å². The minimum absolute atomic E-state index is 0.0770. The second-order valence-corrected chi connectivity index (χ2v) is 4.92. The quantitative estimate of drug-likeness (QED) is 0.816. The smallest absolute Gasteiger partial charge is 0.233 e. The SMILES string of the molecule is CCC(C)NC(=O)CC(=O)Nc1cccc(Cl)c1C. The molecule has 5 heteroatoms. The highest BCUT2D eigenvalue weighted by Crippen LogP contribution is 2.22. The highest BCUT2D eigenvalue weighted by atomic mass is 35.5. The first-order valence-electron chi connectivity index (χ1n) is 6.28. The van der Waals surface area contributed by atoms with Gasteiger partial charge in [0.2, 0.25) is 11.8 Å². The number of carbonyl (C=O) groups excluding carboxylic acids is 2. The normalized spacial score (nSPS) is 11.8. The van der Waals surface area contributed by atoms with Crippen molar-refractivity contribution in [1.82, 2.24) is 5.32 Å². The third kappa shape index (κ3) is 4.91. The number of hydrogen-bond donors (Lipinski definition) is 2. The molecule has 0 aromatic heterocycles. The lowest BCUT2D eigenvalue weighted by molar-refractivity contribution is -0.127. The van der Waals surface area contributed by atoms with Crippen molar-refractivity contribution < 1.29 is 9.59 Å². The summed E-state index contributed by atoms with van der Waals surface area (Å²) in [6, 6.07) is 5.34. The topological polar surface area (TPSA) is 58.2 Å². The van der Waals surface area contributed by atoms with Crippen LogP contribution in [0.15, 0.2) is 18.2 Å². The molecule has 1 aromatic carbocycles. The first kappa shape index (κ1) is 15.5. The Morgan fingerprint density at radius 2 is 2.00 bits per heavy atom. The van der Waals surface area contributed by atoms with E-state index < -0.39 is 0 Å². The zero-order chi connectivity index (χ0) is 14.4. The van der Waals surface area contributed by atoms with E-state index in [-0.39, 0.29) is 24.3 Å². The highest BCUT2D eigenvalue weighted by molar-refractivity contribution is 6.31. The minimum Gasteiger partial charge on any atom is -0.353 e. The van der Waals surface area contributed by atoms with E-state index in [2.05, 4.69) is 10.6 Å². The van der Waals surface area contributed by atoms with E-state index in [0.29, 0.717) is 10.7 Å². The molecule has 104 valence electrons. The van der Waals surface area contributed by atoms with Crippen LogP contribution in [-0.4, -0.2) is 17.9 Å². The van der Waals surface area contributed by atoms with Crippen LogP contribution < -0.4 is 10.6 Å². The van der Waals surface area contributed by atoms with E-state index in [9.17, 15) is 9.59 Å². The first-order valence-corrected chi connectivity index (χ1v) is 6.66. The number of rotatable bonds is 5. The van der Waals surface area contributed by atoms with Gasteiger partial charge in [-0.2, -0.15) is 0 Å². The molecule has 0 aliphatic rings. The molecule has 0 saturated heterocycles. The summed E-state index contributed by atoms with van der Waals surface area (Å²) in [6.07, 6.45) is 0.650. The second-order valence-electron chi connectivity index (χ2n) is 4.51. The van der Waals surface area contributed by atoms with Crippen LogP contribution in [-0.2, 0) is 9.59 Å². The van der Waals surface area contributed by atoms with Gasteiger partial charge in [0.15, 0.2) is 0 Å². The van der Waals surface area contributed by atoms with Crippen LogP contribution in [0, 0.1) is 6.92 Å². The largest absolute Gasteiger partial charge is 0.353 e. The van der Waals surface area contributed by atoms with Gasteiger partial charge in [-0.25, -0.2) is 0 Å². The van der Waals surface area contributed by atoms with E-state index in [1.165, 1.54) is 0 Å². The van der Waals surface area contributed by atoms with Crippen LogP contribution in [0.25, 0.3) is 0 Å². The van der Waals surface area contributed by atoms with Crippen molar-refractivity contribution in [2.24, 2.45) is 0 Å². The number of nitrogens with one attached hydrogen (secondary N) is 2. The maximum absolute atomic E-state index is 11.7. The number of halogens is 1. The van der Waals surface area contributed by atoms with E-state index in [1.807, 2.05) is 20.8 Å². The molecule has 19 heavy (non-hydrogen) atoms. The summed E-state index contributed by atoms with van der Waals surface area (Å²) >= 11 is 5.96. The molecule has 0 aliphatic carbocycles. The Kier molecular flexibility index (Phi) is 5.83. The van der Waals surface area contributed by atoms with Gasteiger partial charge in [0.1, 0.15) is 6.42 Å². The molecule has 1 atom stereocenters. The standard InChI is InChI=1S/C14H19ClN2O2/c1-4-9(2)16-13(18)8-14(19)17-12-7-5-6-11(15)10(12)3/h5-7,9H,4,8H2,1-3H3,(H,16,18)(H,17,19). The van der Waals surface area contributed by atoms with Gasteiger partial charge in [-0.1, -0.05) is 24.6 Å². The number of benzene rings is 1. The summed E-state index contributed by atoms with van der Waals surface area (Å²) in [4.78, 5) is 23.3. The maximum Gasteiger partial charge on any atom is 0.233 e. The van der Waals surface area contributed by atoms with Gasteiger partial charge in [-0.3, -0.25) is 9.59 Å². The highest BCUT2D eigenvalue weighted by Gasteiger charge is 2.12. The molecule has 0 aliphatic heterocycles. The Morgan fingerprint density at radius 3 is 2.63 bits per heavy atom. The minimum atomic E-state index is -0.342. The monoisotopic (exact) mass is 282 g/mol. The molecule has 1 rings (SSSR count). The van der Waals surface area contributed by atoms with Crippen LogP contribution in [0.1, 0.15) is 32.3 Å². The molecule has 0 spiro atoms. The molecule has 1 aromatic rings. The molecule has 0 bridgehead atoms. The lowest BCUT2D eigenvalue weighted by Gasteiger charge is -2.12. The summed E-state index contributed by atoms with van der Waals surface area (Å²) in [5.74, 6) is -0.613. The fraction of sp³-hybridized carbons (Fsp3) is 0.429. The van der Waals surface area contributed by atoms with Crippen LogP contribution in [0.4, 0.5) is 5.69 Å².